The second-order valence-corrected chi connectivity index (χ2v) is 6.78. The Hall–Kier alpha value is -2.48. The molecular formula is C20H14ClNO2S. The molecule has 124 valence electrons. The summed E-state index contributed by atoms with van der Waals surface area (Å²) in [7, 11) is 0. The Morgan fingerprint density at radius 3 is 2.68 bits per heavy atom. The van der Waals surface area contributed by atoms with Gasteiger partial charge < -0.3 is 4.74 Å². The molecule has 3 nitrogen and oxygen atoms in total. The van der Waals surface area contributed by atoms with Crippen molar-refractivity contribution in [2.45, 2.75) is 11.5 Å². The number of hydrogen-bond acceptors (Lipinski definition) is 4. The Balaban J connectivity index is 1.62. The van der Waals surface area contributed by atoms with E-state index >= 15 is 0 Å². The van der Waals surface area contributed by atoms with Crippen LogP contribution in [0.3, 0.4) is 0 Å². The van der Waals surface area contributed by atoms with Crippen LogP contribution >= 0.6 is 23.4 Å². The molecule has 0 N–H and O–H groups in total. The lowest BCUT2D eigenvalue weighted by molar-refractivity contribution is -0.141. The zero-order chi connectivity index (χ0) is 17.6. The van der Waals surface area contributed by atoms with Gasteiger partial charge in [-0.15, -0.1) is 11.8 Å². The number of nitrogens with zero attached hydrogens (tertiary/aromatic N) is 1. The lowest BCUT2D eigenvalue weighted by Crippen LogP contribution is -2.07. The average Bonchev–Trinajstić information content (AvgIpc) is 2.65. The van der Waals surface area contributed by atoms with Gasteiger partial charge in [-0.1, -0.05) is 48.0 Å². The first-order valence-corrected chi connectivity index (χ1v) is 8.98. The van der Waals surface area contributed by atoms with Crippen molar-refractivity contribution in [1.29, 1.82) is 5.26 Å². The van der Waals surface area contributed by atoms with Gasteiger partial charge in [0.2, 0.25) is 0 Å². The van der Waals surface area contributed by atoms with Crippen molar-refractivity contribution in [3.8, 4) is 6.07 Å². The molecule has 0 saturated carbocycles. The fraction of sp³-hybridized carbons (Fsp3) is 0.100. The van der Waals surface area contributed by atoms with Gasteiger partial charge in [0, 0.05) is 15.3 Å². The Kier molecular flexibility index (Phi) is 5.60. The van der Waals surface area contributed by atoms with Crippen molar-refractivity contribution in [2.24, 2.45) is 0 Å². The van der Waals surface area contributed by atoms with Crippen molar-refractivity contribution in [2.75, 3.05) is 5.75 Å². The molecule has 0 aliphatic carbocycles. The van der Waals surface area contributed by atoms with Gasteiger partial charge in [0.1, 0.15) is 6.61 Å². The van der Waals surface area contributed by atoms with Crippen LogP contribution in [0.4, 0.5) is 0 Å². The molecule has 0 amide bonds. The van der Waals surface area contributed by atoms with E-state index in [0.29, 0.717) is 10.6 Å². The topological polar surface area (TPSA) is 50.1 Å². The smallest absolute Gasteiger partial charge is 0.316 e. The van der Waals surface area contributed by atoms with Crippen LogP contribution in [-0.4, -0.2) is 11.7 Å². The lowest BCUT2D eigenvalue weighted by Gasteiger charge is -2.08. The van der Waals surface area contributed by atoms with Gasteiger partial charge in [0.15, 0.2) is 0 Å². The van der Waals surface area contributed by atoms with Gasteiger partial charge >= 0.3 is 5.97 Å². The second kappa shape index (κ2) is 8.06. The summed E-state index contributed by atoms with van der Waals surface area (Å²) in [5.41, 5.74) is 1.35. The SMILES string of the molecule is N#Cc1cccc(COC(=O)CSc2cccc3cccc(Cl)c23)c1. The minimum atomic E-state index is -0.309. The Labute approximate surface area is 155 Å². The van der Waals surface area contributed by atoms with Crippen LogP contribution < -0.4 is 0 Å². The predicted molar refractivity (Wildman–Crippen MR) is 101 cm³/mol. The number of rotatable bonds is 5. The van der Waals surface area contributed by atoms with E-state index in [4.69, 9.17) is 21.6 Å². The van der Waals surface area contributed by atoms with E-state index in [1.54, 1.807) is 18.2 Å². The van der Waals surface area contributed by atoms with Gasteiger partial charge in [0.05, 0.1) is 17.4 Å². The molecule has 3 rings (SSSR count). The number of halogens is 1. The van der Waals surface area contributed by atoms with E-state index < -0.39 is 0 Å². The van der Waals surface area contributed by atoms with Crippen molar-refractivity contribution in [3.05, 3.63) is 76.8 Å². The Morgan fingerprint density at radius 2 is 1.88 bits per heavy atom. The number of ether oxygens (including phenoxy) is 1. The number of thioether (sulfide) groups is 1. The molecule has 0 bridgehead atoms. The minimum Gasteiger partial charge on any atom is -0.460 e. The quantitative estimate of drug-likeness (QED) is 0.459. The molecule has 0 spiro atoms. The summed E-state index contributed by atoms with van der Waals surface area (Å²) in [5.74, 6) is -0.112. The molecule has 0 fully saturated rings. The maximum Gasteiger partial charge on any atom is 0.316 e. The monoisotopic (exact) mass is 367 g/mol. The number of benzene rings is 3. The van der Waals surface area contributed by atoms with Gasteiger partial charge in [-0.05, 0) is 35.2 Å². The van der Waals surface area contributed by atoms with Crippen LogP contribution in [0.15, 0.2) is 65.6 Å². The molecule has 3 aromatic rings. The van der Waals surface area contributed by atoms with Crippen molar-refractivity contribution in [3.63, 3.8) is 0 Å². The van der Waals surface area contributed by atoms with Crippen molar-refractivity contribution < 1.29 is 9.53 Å². The number of carbonyl (C=O) groups is 1. The normalized spacial score (nSPS) is 10.4. The van der Waals surface area contributed by atoms with Gasteiger partial charge in [-0.2, -0.15) is 5.26 Å². The molecule has 0 saturated heterocycles. The highest BCUT2D eigenvalue weighted by Gasteiger charge is 2.09. The fourth-order valence-electron chi connectivity index (χ4n) is 2.46. The highest BCUT2D eigenvalue weighted by molar-refractivity contribution is 8.00. The zero-order valence-corrected chi connectivity index (χ0v) is 14.8. The van der Waals surface area contributed by atoms with Crippen molar-refractivity contribution >= 4 is 40.1 Å². The van der Waals surface area contributed by atoms with Crippen LogP contribution in [-0.2, 0) is 16.1 Å². The third-order valence-electron chi connectivity index (χ3n) is 3.62. The summed E-state index contributed by atoms with van der Waals surface area (Å²) < 4.78 is 5.29. The number of hydrogen-bond donors (Lipinski definition) is 0. The molecule has 0 aliphatic heterocycles. The van der Waals surface area contributed by atoms with Crippen molar-refractivity contribution in [1.82, 2.24) is 0 Å². The Morgan fingerprint density at radius 1 is 1.12 bits per heavy atom. The number of carbonyl (C=O) groups excluding carboxylic acids is 1. The number of fused-ring (bicyclic) bond motifs is 1. The maximum absolute atomic E-state index is 12.0. The summed E-state index contributed by atoms with van der Waals surface area (Å²) in [5, 5.41) is 11.5. The first kappa shape index (κ1) is 17.3. The minimum absolute atomic E-state index is 0.158. The summed E-state index contributed by atoms with van der Waals surface area (Å²) in [6.45, 7) is 0.158. The molecular weight excluding hydrogens is 354 g/mol. The summed E-state index contributed by atoms with van der Waals surface area (Å²) in [6, 6.07) is 20.7. The largest absolute Gasteiger partial charge is 0.460 e. The second-order valence-electron chi connectivity index (χ2n) is 5.36. The van der Waals surface area contributed by atoms with Crippen LogP contribution in [0.1, 0.15) is 11.1 Å². The molecule has 0 aromatic heterocycles. The van der Waals surface area contributed by atoms with Gasteiger partial charge in [0.25, 0.3) is 0 Å². The van der Waals surface area contributed by atoms with Crippen LogP contribution in [0, 0.1) is 11.3 Å². The van der Waals surface area contributed by atoms with Crippen LogP contribution in [0.5, 0.6) is 0 Å². The average molecular weight is 368 g/mol. The third kappa shape index (κ3) is 4.33. The zero-order valence-electron chi connectivity index (χ0n) is 13.2. The van der Waals surface area contributed by atoms with Crippen LogP contribution in [0.25, 0.3) is 10.8 Å². The third-order valence-corrected chi connectivity index (χ3v) is 4.96. The molecule has 5 heteroatoms. The molecule has 0 aliphatic rings. The highest BCUT2D eigenvalue weighted by Crippen LogP contribution is 2.33. The number of esters is 1. The Bertz CT molecular complexity index is 960. The summed E-state index contributed by atoms with van der Waals surface area (Å²) in [4.78, 5) is 13.0. The van der Waals surface area contributed by atoms with E-state index in [1.807, 2.05) is 42.5 Å². The highest BCUT2D eigenvalue weighted by atomic mass is 35.5. The van der Waals surface area contributed by atoms with E-state index in [9.17, 15) is 4.79 Å². The standard InChI is InChI=1S/C20H14ClNO2S/c21-17-8-2-6-16-7-3-9-18(20(16)17)25-13-19(23)24-12-15-5-1-4-14(10-15)11-22/h1-10H,12-13H2. The van der Waals surface area contributed by atoms with Crippen LogP contribution in [0.2, 0.25) is 5.02 Å². The first-order chi connectivity index (χ1) is 12.2. The molecule has 0 unspecified atom stereocenters. The van der Waals surface area contributed by atoms with E-state index in [-0.39, 0.29) is 18.3 Å². The lowest BCUT2D eigenvalue weighted by atomic mass is 10.1. The van der Waals surface area contributed by atoms with E-state index in [1.165, 1.54) is 11.8 Å². The molecule has 0 radical (unpaired) electrons. The summed E-state index contributed by atoms with van der Waals surface area (Å²) in [6.07, 6.45) is 0. The predicted octanol–water partition coefficient (Wildman–Crippen LogP) is 5.20. The number of nitriles is 1. The first-order valence-electron chi connectivity index (χ1n) is 7.62. The maximum atomic E-state index is 12.0. The molecule has 0 heterocycles. The molecule has 0 atom stereocenters. The molecule has 25 heavy (non-hydrogen) atoms. The van der Waals surface area contributed by atoms with E-state index in [0.717, 1.165) is 21.2 Å². The van der Waals surface area contributed by atoms with Gasteiger partial charge in [-0.25, -0.2) is 0 Å². The fourth-order valence-corrected chi connectivity index (χ4v) is 3.70. The van der Waals surface area contributed by atoms with Gasteiger partial charge in [-0.3, -0.25) is 4.79 Å². The summed E-state index contributed by atoms with van der Waals surface area (Å²) >= 11 is 7.70. The van der Waals surface area contributed by atoms with E-state index in [2.05, 4.69) is 6.07 Å². The molecule has 3 aromatic carbocycles.